The fourth-order valence-electron chi connectivity index (χ4n) is 7.41. The van der Waals surface area contributed by atoms with Crippen molar-refractivity contribution in [2.45, 2.75) is 56.4 Å². The van der Waals surface area contributed by atoms with Gasteiger partial charge >= 0.3 is 0 Å². The molecule has 1 N–H and O–H groups in total. The molecule has 34 heavy (non-hydrogen) atoms. The lowest BCUT2D eigenvalue weighted by molar-refractivity contribution is -0.126. The van der Waals surface area contributed by atoms with E-state index in [2.05, 4.69) is 12.2 Å². The first-order valence-corrected chi connectivity index (χ1v) is 13.5. The van der Waals surface area contributed by atoms with Gasteiger partial charge in [0.25, 0.3) is 5.91 Å². The van der Waals surface area contributed by atoms with Crippen molar-refractivity contribution in [1.29, 1.82) is 0 Å². The number of nitrogens with zero attached hydrogens (tertiary/aromatic N) is 1. The van der Waals surface area contributed by atoms with Crippen molar-refractivity contribution >= 4 is 35.3 Å². The summed E-state index contributed by atoms with van der Waals surface area (Å²) in [4.78, 5) is 30.1. The number of rotatable bonds is 5. The first kappa shape index (κ1) is 22.0. The number of carbonyl (C=O) groups excluding carboxylic acids is 2. The van der Waals surface area contributed by atoms with Crippen LogP contribution in [-0.2, 0) is 9.59 Å². The molecule has 4 saturated carbocycles. The third-order valence-corrected chi connectivity index (χ3v) is 9.69. The highest BCUT2D eigenvalue weighted by Crippen LogP contribution is 2.61. The maximum absolute atomic E-state index is 13.5. The van der Waals surface area contributed by atoms with Crippen molar-refractivity contribution in [1.82, 2.24) is 5.32 Å². The van der Waals surface area contributed by atoms with Gasteiger partial charge in [-0.1, -0.05) is 54.2 Å². The summed E-state index contributed by atoms with van der Waals surface area (Å²) in [7, 11) is 0. The fourth-order valence-corrected chi connectivity index (χ4v) is 8.47. The van der Waals surface area contributed by atoms with Gasteiger partial charge in [-0.15, -0.1) is 0 Å². The molecule has 2 amide bonds. The van der Waals surface area contributed by atoms with Gasteiger partial charge in [0.15, 0.2) is 0 Å². The van der Waals surface area contributed by atoms with Crippen molar-refractivity contribution < 1.29 is 9.59 Å². The molecule has 7 rings (SSSR count). The zero-order valence-corrected chi connectivity index (χ0v) is 20.5. The van der Waals surface area contributed by atoms with E-state index in [1.54, 1.807) is 4.90 Å². The van der Waals surface area contributed by atoms with Crippen molar-refractivity contribution in [2.24, 2.45) is 23.2 Å². The predicted octanol–water partition coefficient (Wildman–Crippen LogP) is 5.89. The van der Waals surface area contributed by atoms with Gasteiger partial charge in [-0.05, 0) is 92.4 Å². The summed E-state index contributed by atoms with van der Waals surface area (Å²) in [5.41, 5.74) is 2.06. The second-order valence-electron chi connectivity index (χ2n) is 10.9. The smallest absolute Gasteiger partial charge is 0.265 e. The number of fused-ring (bicyclic) bond motifs is 1. The van der Waals surface area contributed by atoms with Gasteiger partial charge in [0.2, 0.25) is 5.91 Å². The van der Waals surface area contributed by atoms with Crippen molar-refractivity contribution in [2.75, 3.05) is 11.4 Å². The predicted molar refractivity (Wildman–Crippen MR) is 137 cm³/mol. The molecular weight excluding hydrogens is 440 g/mol. The van der Waals surface area contributed by atoms with Gasteiger partial charge in [0.05, 0.1) is 10.6 Å². The molecule has 176 valence electrons. The van der Waals surface area contributed by atoms with E-state index in [-0.39, 0.29) is 29.8 Å². The van der Waals surface area contributed by atoms with E-state index in [1.807, 2.05) is 60.7 Å². The van der Waals surface area contributed by atoms with Gasteiger partial charge in [0.1, 0.15) is 6.54 Å². The Balaban J connectivity index is 1.21. The maximum atomic E-state index is 13.5. The Labute approximate surface area is 206 Å². The molecule has 0 spiro atoms. The molecule has 0 radical (unpaired) electrons. The summed E-state index contributed by atoms with van der Waals surface area (Å²) in [5.74, 6) is 2.39. The molecule has 2 aromatic carbocycles. The molecule has 1 unspecified atom stereocenters. The van der Waals surface area contributed by atoms with Crippen LogP contribution in [0.4, 0.5) is 5.69 Å². The molecule has 1 atom stereocenters. The number of hydrogen-bond acceptors (Lipinski definition) is 3. The molecule has 0 aromatic heterocycles. The highest BCUT2D eigenvalue weighted by Gasteiger charge is 2.53. The second kappa shape index (κ2) is 8.60. The van der Waals surface area contributed by atoms with Crippen molar-refractivity contribution in [3.8, 4) is 0 Å². The molecule has 1 heterocycles. The molecule has 4 fully saturated rings. The Morgan fingerprint density at radius 2 is 1.65 bits per heavy atom. The number of nitrogens with one attached hydrogen (secondary N) is 1. The van der Waals surface area contributed by atoms with Crippen LogP contribution in [0, 0.1) is 23.2 Å². The quantitative estimate of drug-likeness (QED) is 0.552. The highest BCUT2D eigenvalue weighted by molar-refractivity contribution is 8.04. The third kappa shape index (κ3) is 3.98. The lowest BCUT2D eigenvalue weighted by Gasteiger charge is -2.59. The Morgan fingerprint density at radius 3 is 2.32 bits per heavy atom. The largest absolute Gasteiger partial charge is 0.352 e. The van der Waals surface area contributed by atoms with Crippen LogP contribution in [0.1, 0.15) is 51.0 Å². The van der Waals surface area contributed by atoms with Crippen LogP contribution < -0.4 is 10.2 Å². The SMILES string of the molecule is CC(NC(=O)CN1C(=O)C(=Cc2ccccc2)Sc2ccccc21)C12CC3CC(CC(C3)C1)C2. The Bertz CT molecular complexity index is 1110. The number of hydrogen-bond donors (Lipinski definition) is 1. The lowest BCUT2D eigenvalue weighted by Crippen LogP contribution is -2.57. The molecule has 4 aliphatic carbocycles. The van der Waals surface area contributed by atoms with Gasteiger partial charge < -0.3 is 5.32 Å². The molecule has 4 bridgehead atoms. The topological polar surface area (TPSA) is 49.4 Å². The van der Waals surface area contributed by atoms with Crippen molar-refractivity contribution in [3.63, 3.8) is 0 Å². The monoisotopic (exact) mass is 472 g/mol. The average molecular weight is 473 g/mol. The van der Waals surface area contributed by atoms with Crippen LogP contribution in [0.15, 0.2) is 64.4 Å². The van der Waals surface area contributed by atoms with Gasteiger partial charge in [-0.25, -0.2) is 0 Å². The number of carbonyl (C=O) groups is 2. The number of benzene rings is 2. The second-order valence-corrected chi connectivity index (χ2v) is 12.0. The van der Waals surface area contributed by atoms with Gasteiger partial charge in [-0.2, -0.15) is 0 Å². The van der Waals surface area contributed by atoms with E-state index in [1.165, 1.54) is 50.3 Å². The Kier molecular flexibility index (Phi) is 5.56. The van der Waals surface area contributed by atoms with Crippen LogP contribution in [0.25, 0.3) is 6.08 Å². The van der Waals surface area contributed by atoms with Crippen LogP contribution in [0.5, 0.6) is 0 Å². The third-order valence-electron chi connectivity index (χ3n) is 8.61. The molecular formula is C29H32N2O2S. The van der Waals surface area contributed by atoms with E-state index >= 15 is 0 Å². The average Bonchev–Trinajstić information content (AvgIpc) is 2.81. The van der Waals surface area contributed by atoms with Crippen LogP contribution >= 0.6 is 11.8 Å². The summed E-state index contributed by atoms with van der Waals surface area (Å²) in [6, 6.07) is 17.9. The van der Waals surface area contributed by atoms with E-state index in [9.17, 15) is 9.59 Å². The minimum atomic E-state index is -0.106. The summed E-state index contributed by atoms with van der Waals surface area (Å²) in [5, 5.41) is 3.34. The fraction of sp³-hybridized carbons (Fsp3) is 0.448. The van der Waals surface area contributed by atoms with E-state index in [0.717, 1.165) is 33.9 Å². The first-order valence-electron chi connectivity index (χ1n) is 12.6. The number of anilines is 1. The Morgan fingerprint density at radius 1 is 1.03 bits per heavy atom. The van der Waals surface area contributed by atoms with Crippen LogP contribution in [0.3, 0.4) is 0 Å². The zero-order valence-electron chi connectivity index (χ0n) is 19.7. The summed E-state index contributed by atoms with van der Waals surface area (Å²) < 4.78 is 0. The van der Waals surface area contributed by atoms with Gasteiger partial charge in [0, 0.05) is 10.9 Å². The molecule has 5 heteroatoms. The van der Waals surface area contributed by atoms with Crippen molar-refractivity contribution in [3.05, 3.63) is 65.1 Å². The minimum Gasteiger partial charge on any atom is -0.352 e. The van der Waals surface area contributed by atoms with E-state index < -0.39 is 0 Å². The van der Waals surface area contributed by atoms with Crippen LogP contribution in [0.2, 0.25) is 0 Å². The molecule has 1 aliphatic heterocycles. The molecule has 5 aliphatic rings. The summed E-state index contributed by atoms with van der Waals surface area (Å²) in [6.45, 7) is 2.26. The van der Waals surface area contributed by atoms with Gasteiger partial charge in [-0.3, -0.25) is 14.5 Å². The summed E-state index contributed by atoms with van der Waals surface area (Å²) >= 11 is 1.48. The Hall–Kier alpha value is -2.53. The number of para-hydroxylation sites is 1. The normalized spacial score (nSPS) is 31.4. The lowest BCUT2D eigenvalue weighted by atomic mass is 9.48. The number of thioether (sulfide) groups is 1. The molecule has 2 aromatic rings. The highest BCUT2D eigenvalue weighted by atomic mass is 32.2. The zero-order chi connectivity index (χ0) is 23.3. The first-order chi connectivity index (χ1) is 16.5. The standard InChI is InChI=1S/C29H32N2O2S/c1-19(29-15-21-11-22(16-29)13-23(12-21)17-29)30-27(32)18-31-24-9-5-6-10-25(24)34-26(28(31)33)14-20-7-3-2-4-8-20/h2-10,14,19,21-23H,11-13,15-18H2,1H3,(H,30,32). The minimum absolute atomic E-state index is 0.0548. The maximum Gasteiger partial charge on any atom is 0.265 e. The molecule has 0 saturated heterocycles. The summed E-state index contributed by atoms with van der Waals surface area (Å²) in [6.07, 6.45) is 9.88. The van der Waals surface area contributed by atoms with E-state index in [4.69, 9.17) is 0 Å². The molecule has 4 nitrogen and oxygen atoms in total. The van der Waals surface area contributed by atoms with Crippen LogP contribution in [-0.4, -0.2) is 24.4 Å². The van der Waals surface area contributed by atoms with E-state index in [0.29, 0.717) is 4.91 Å². The number of amides is 2.